The number of carbonyl (C=O) groups is 3. The van der Waals surface area contributed by atoms with Crippen LogP contribution >= 0.6 is 0 Å². The maximum absolute atomic E-state index is 11.6. The summed E-state index contributed by atoms with van der Waals surface area (Å²) in [6, 6.07) is 0. The van der Waals surface area contributed by atoms with E-state index in [2.05, 4.69) is 5.32 Å². The molecule has 6 heteroatoms. The fraction of sp³-hybridized carbons (Fsp3) is 0.667. The predicted molar refractivity (Wildman–Crippen MR) is 52.6 cm³/mol. The van der Waals surface area contributed by atoms with E-state index in [0.29, 0.717) is 6.54 Å². The second-order valence-electron chi connectivity index (χ2n) is 3.77. The summed E-state index contributed by atoms with van der Waals surface area (Å²) in [5.41, 5.74) is 5.39. The Balaban J connectivity index is 2.52. The SMILES string of the molecule is CC(CN)CC(=O)N1CC(=O)NC(=O)C1. The number of nitrogens with one attached hydrogen (secondary N) is 1. The number of hydrogen-bond donors (Lipinski definition) is 2. The molecule has 6 nitrogen and oxygen atoms in total. The summed E-state index contributed by atoms with van der Waals surface area (Å²) in [5, 5.41) is 2.13. The minimum Gasteiger partial charge on any atom is -0.330 e. The first-order chi connectivity index (χ1) is 7.02. The van der Waals surface area contributed by atoms with E-state index < -0.39 is 11.8 Å². The van der Waals surface area contributed by atoms with Crippen molar-refractivity contribution in [2.45, 2.75) is 13.3 Å². The number of nitrogens with two attached hydrogens (primary N) is 1. The Kier molecular flexibility index (Phi) is 3.79. The molecule has 3 N–H and O–H groups in total. The van der Waals surface area contributed by atoms with Gasteiger partial charge in [-0.15, -0.1) is 0 Å². The van der Waals surface area contributed by atoms with Crippen LogP contribution in [-0.2, 0) is 14.4 Å². The normalized spacial score (nSPS) is 18.7. The topological polar surface area (TPSA) is 92.5 Å². The van der Waals surface area contributed by atoms with Crippen molar-refractivity contribution in [2.24, 2.45) is 11.7 Å². The molecule has 0 aromatic heterocycles. The van der Waals surface area contributed by atoms with Gasteiger partial charge in [-0.3, -0.25) is 19.7 Å². The molecule has 1 rings (SSSR count). The lowest BCUT2D eigenvalue weighted by Gasteiger charge is -2.26. The van der Waals surface area contributed by atoms with Gasteiger partial charge in [-0.05, 0) is 12.5 Å². The van der Waals surface area contributed by atoms with Crippen LogP contribution in [0.25, 0.3) is 0 Å². The average molecular weight is 213 g/mol. The number of imide groups is 1. The van der Waals surface area contributed by atoms with Crippen LogP contribution < -0.4 is 11.1 Å². The van der Waals surface area contributed by atoms with Gasteiger partial charge in [-0.25, -0.2) is 0 Å². The molecule has 1 unspecified atom stereocenters. The van der Waals surface area contributed by atoms with Crippen LogP contribution in [0.3, 0.4) is 0 Å². The molecule has 1 heterocycles. The van der Waals surface area contributed by atoms with Gasteiger partial charge in [-0.2, -0.15) is 0 Å². The van der Waals surface area contributed by atoms with Crippen LogP contribution in [0.2, 0.25) is 0 Å². The highest BCUT2D eigenvalue weighted by Crippen LogP contribution is 2.05. The van der Waals surface area contributed by atoms with E-state index in [9.17, 15) is 14.4 Å². The van der Waals surface area contributed by atoms with Gasteiger partial charge in [0.1, 0.15) is 13.1 Å². The van der Waals surface area contributed by atoms with Crippen LogP contribution in [0.5, 0.6) is 0 Å². The molecule has 1 aliphatic heterocycles. The third kappa shape index (κ3) is 3.32. The van der Waals surface area contributed by atoms with Gasteiger partial charge in [0.2, 0.25) is 17.7 Å². The van der Waals surface area contributed by atoms with E-state index in [1.165, 1.54) is 4.90 Å². The van der Waals surface area contributed by atoms with Gasteiger partial charge in [0.25, 0.3) is 0 Å². The quantitative estimate of drug-likeness (QED) is 0.555. The van der Waals surface area contributed by atoms with E-state index in [1.807, 2.05) is 6.92 Å². The third-order valence-electron chi connectivity index (χ3n) is 2.23. The number of rotatable bonds is 3. The Morgan fingerprint density at radius 3 is 2.47 bits per heavy atom. The van der Waals surface area contributed by atoms with E-state index in [4.69, 9.17) is 5.73 Å². The van der Waals surface area contributed by atoms with Crippen molar-refractivity contribution in [3.8, 4) is 0 Å². The number of nitrogens with zero attached hydrogens (tertiary/aromatic N) is 1. The second-order valence-corrected chi connectivity index (χ2v) is 3.77. The summed E-state index contributed by atoms with van der Waals surface area (Å²) in [4.78, 5) is 34.8. The van der Waals surface area contributed by atoms with Crippen LogP contribution in [0.4, 0.5) is 0 Å². The summed E-state index contributed by atoms with van der Waals surface area (Å²) in [6.07, 6.45) is 0.275. The first-order valence-corrected chi connectivity index (χ1v) is 4.83. The Labute approximate surface area is 87.8 Å². The molecule has 1 saturated heterocycles. The molecule has 0 bridgehead atoms. The third-order valence-corrected chi connectivity index (χ3v) is 2.23. The van der Waals surface area contributed by atoms with E-state index in [0.717, 1.165) is 0 Å². The fourth-order valence-electron chi connectivity index (χ4n) is 1.32. The van der Waals surface area contributed by atoms with Gasteiger partial charge in [0.05, 0.1) is 0 Å². The van der Waals surface area contributed by atoms with Gasteiger partial charge < -0.3 is 10.6 Å². The molecule has 84 valence electrons. The lowest BCUT2D eigenvalue weighted by molar-refractivity contribution is -0.145. The van der Waals surface area contributed by atoms with Crippen LogP contribution in [-0.4, -0.2) is 42.3 Å². The highest BCUT2D eigenvalue weighted by atomic mass is 16.2. The van der Waals surface area contributed by atoms with Gasteiger partial charge in [0, 0.05) is 6.42 Å². The summed E-state index contributed by atoms with van der Waals surface area (Å²) in [5.74, 6) is -0.992. The molecule has 0 aromatic rings. The number of carbonyl (C=O) groups excluding carboxylic acids is 3. The van der Waals surface area contributed by atoms with Crippen molar-refractivity contribution >= 4 is 17.7 Å². The minimum absolute atomic E-state index is 0.0398. The Morgan fingerprint density at radius 1 is 1.47 bits per heavy atom. The Bertz CT molecular complexity index is 274. The Hall–Kier alpha value is -1.43. The van der Waals surface area contributed by atoms with Crippen molar-refractivity contribution in [1.82, 2.24) is 10.2 Å². The second kappa shape index (κ2) is 4.88. The van der Waals surface area contributed by atoms with Crippen molar-refractivity contribution in [3.05, 3.63) is 0 Å². The minimum atomic E-state index is -0.431. The largest absolute Gasteiger partial charge is 0.330 e. The highest BCUT2D eigenvalue weighted by molar-refractivity contribution is 6.02. The van der Waals surface area contributed by atoms with Gasteiger partial charge in [-0.1, -0.05) is 6.92 Å². The molecule has 0 radical (unpaired) electrons. The molecule has 0 aliphatic carbocycles. The van der Waals surface area contributed by atoms with Crippen molar-refractivity contribution < 1.29 is 14.4 Å². The zero-order valence-corrected chi connectivity index (χ0v) is 8.66. The molecular formula is C9H15N3O3. The lowest BCUT2D eigenvalue weighted by atomic mass is 10.1. The summed E-state index contributed by atoms with van der Waals surface area (Å²) in [7, 11) is 0. The van der Waals surface area contributed by atoms with Crippen LogP contribution in [0.15, 0.2) is 0 Å². The van der Waals surface area contributed by atoms with E-state index >= 15 is 0 Å². The van der Waals surface area contributed by atoms with Crippen LogP contribution in [0.1, 0.15) is 13.3 Å². The first kappa shape index (κ1) is 11.6. The molecule has 1 fully saturated rings. The Morgan fingerprint density at radius 2 is 2.00 bits per heavy atom. The molecule has 0 spiro atoms. The fourth-order valence-corrected chi connectivity index (χ4v) is 1.32. The summed E-state index contributed by atoms with van der Waals surface area (Å²) >= 11 is 0. The van der Waals surface area contributed by atoms with Gasteiger partial charge >= 0.3 is 0 Å². The maximum Gasteiger partial charge on any atom is 0.246 e. The number of piperazine rings is 1. The molecule has 1 atom stereocenters. The zero-order chi connectivity index (χ0) is 11.4. The molecule has 0 saturated carbocycles. The number of amides is 3. The molecule has 0 aromatic carbocycles. The smallest absolute Gasteiger partial charge is 0.246 e. The summed E-state index contributed by atoms with van der Waals surface area (Å²) < 4.78 is 0. The van der Waals surface area contributed by atoms with Gasteiger partial charge in [0.15, 0.2) is 0 Å². The van der Waals surface area contributed by atoms with E-state index in [1.54, 1.807) is 0 Å². The average Bonchev–Trinajstić information content (AvgIpc) is 2.16. The molecular weight excluding hydrogens is 198 g/mol. The van der Waals surface area contributed by atoms with Crippen molar-refractivity contribution in [2.75, 3.05) is 19.6 Å². The molecule has 1 aliphatic rings. The monoisotopic (exact) mass is 213 g/mol. The lowest BCUT2D eigenvalue weighted by Crippen LogP contribution is -2.53. The first-order valence-electron chi connectivity index (χ1n) is 4.83. The summed E-state index contributed by atoms with van der Waals surface area (Å²) in [6.45, 7) is 2.19. The van der Waals surface area contributed by atoms with Crippen LogP contribution in [0, 0.1) is 5.92 Å². The zero-order valence-electron chi connectivity index (χ0n) is 8.66. The predicted octanol–water partition coefficient (Wildman–Crippen LogP) is -1.54. The standard InChI is InChI=1S/C9H15N3O3/c1-6(3-10)2-9(15)12-4-7(13)11-8(14)5-12/h6H,2-5,10H2,1H3,(H,11,13,14). The molecule has 3 amide bonds. The molecule has 15 heavy (non-hydrogen) atoms. The van der Waals surface area contributed by atoms with Crippen molar-refractivity contribution in [1.29, 1.82) is 0 Å². The van der Waals surface area contributed by atoms with E-state index in [-0.39, 0.29) is 31.3 Å². The maximum atomic E-state index is 11.6. The number of hydrogen-bond acceptors (Lipinski definition) is 4. The highest BCUT2D eigenvalue weighted by Gasteiger charge is 2.26. The van der Waals surface area contributed by atoms with Crippen molar-refractivity contribution in [3.63, 3.8) is 0 Å².